The zero-order valence-electron chi connectivity index (χ0n) is 65.6. The molecule has 1 fully saturated rings. The third kappa shape index (κ3) is 30.9. The molecular formula is C71H98Cl7FN18O9SSi2. The average Bonchev–Trinajstić information content (AvgIpc) is 1.58. The highest BCUT2D eigenvalue weighted by atomic mass is 35.6. The van der Waals surface area contributed by atoms with Gasteiger partial charge in [-0.2, -0.15) is 54.8 Å². The van der Waals surface area contributed by atoms with Gasteiger partial charge in [0, 0.05) is 45.5 Å². The van der Waals surface area contributed by atoms with E-state index in [0.717, 1.165) is 79.5 Å². The molecule has 596 valence electrons. The van der Waals surface area contributed by atoms with Crippen LogP contribution in [0.3, 0.4) is 0 Å². The second kappa shape index (κ2) is 42.1. The number of ether oxygens (including phenoxy) is 2. The lowest BCUT2D eigenvalue weighted by Gasteiger charge is -2.36. The minimum absolute atomic E-state index is 0.140. The number of nitrogens with one attached hydrogen (secondary N) is 4. The maximum absolute atomic E-state index is 11.8. The van der Waals surface area contributed by atoms with E-state index in [1.54, 1.807) is 101 Å². The van der Waals surface area contributed by atoms with Gasteiger partial charge in [-0.25, -0.2) is 34.7 Å². The molecule has 1 saturated heterocycles. The Labute approximate surface area is 672 Å². The summed E-state index contributed by atoms with van der Waals surface area (Å²) in [6, 6.07) is 10.3. The van der Waals surface area contributed by atoms with Crippen LogP contribution in [0.5, 0.6) is 0 Å². The normalized spacial score (nSPS) is 12.4. The number of pyridine rings is 6. The summed E-state index contributed by atoms with van der Waals surface area (Å²) in [5, 5.41) is 61.2. The minimum atomic E-state index is -3.50. The van der Waals surface area contributed by atoms with Crippen LogP contribution >= 0.6 is 80.7 Å². The molecule has 1 aliphatic rings. The first-order chi connectivity index (χ1) is 51.0. The first-order valence-electron chi connectivity index (χ1n) is 34.3. The number of aliphatic hydroxyl groups is 2. The predicted molar refractivity (Wildman–Crippen MR) is 441 cm³/mol. The van der Waals surface area contributed by atoms with Gasteiger partial charge in [0.1, 0.15) is 43.1 Å². The Morgan fingerprint density at radius 1 is 0.596 bits per heavy atom. The van der Waals surface area contributed by atoms with Crippen LogP contribution in [0.1, 0.15) is 134 Å². The summed E-state index contributed by atoms with van der Waals surface area (Å²) >= 11 is 40.9. The number of halogens is 8. The molecule has 0 amide bonds. The van der Waals surface area contributed by atoms with Crippen molar-refractivity contribution in [2.75, 3.05) is 26.6 Å². The molecule has 12 aromatic heterocycles. The summed E-state index contributed by atoms with van der Waals surface area (Å²) in [4.78, 5) is 36.0. The number of carbonyl (C=O) groups excluding carboxylic acids is 1. The van der Waals surface area contributed by atoms with Crippen LogP contribution in [-0.2, 0) is 60.2 Å². The van der Waals surface area contributed by atoms with Crippen LogP contribution in [0.4, 0.5) is 9.18 Å². The largest absolute Gasteiger partial charge is 0.442 e. The van der Waals surface area contributed by atoms with Crippen molar-refractivity contribution in [3.05, 3.63) is 152 Å². The number of carbonyl (C=O) groups is 1. The molecule has 1 aliphatic heterocycles. The summed E-state index contributed by atoms with van der Waals surface area (Å²) in [6.45, 7) is 43.1. The van der Waals surface area contributed by atoms with Crippen molar-refractivity contribution in [2.45, 2.75) is 184 Å². The van der Waals surface area contributed by atoms with Crippen LogP contribution in [0, 0.1) is 0 Å². The second-order valence-electron chi connectivity index (χ2n) is 29.4. The highest BCUT2D eigenvalue weighted by Crippen LogP contribution is 2.39. The highest BCUT2D eigenvalue weighted by Gasteiger charge is 2.37. The molecule has 0 aromatic carbocycles. The van der Waals surface area contributed by atoms with E-state index < -0.39 is 44.7 Å². The fourth-order valence-electron chi connectivity index (χ4n) is 8.29. The highest BCUT2D eigenvalue weighted by molar-refractivity contribution is 7.85. The van der Waals surface area contributed by atoms with Gasteiger partial charge in [-0.15, -0.1) is 6.58 Å². The maximum atomic E-state index is 11.8. The van der Waals surface area contributed by atoms with Gasteiger partial charge in [0.25, 0.3) is 10.1 Å². The van der Waals surface area contributed by atoms with Crippen molar-refractivity contribution < 1.29 is 47.3 Å². The van der Waals surface area contributed by atoms with Crippen molar-refractivity contribution in [1.29, 1.82) is 0 Å². The number of H-pyrrole nitrogens is 4. The molecule has 0 spiro atoms. The third-order valence-corrected chi connectivity index (χ3v) is 27.1. The molecule has 109 heavy (non-hydrogen) atoms. The Bertz CT molecular complexity index is 5010. The molecule has 13 heterocycles. The monoisotopic (exact) mass is 1700 g/mol. The van der Waals surface area contributed by atoms with Crippen molar-refractivity contribution in [3.8, 4) is 0 Å². The van der Waals surface area contributed by atoms with E-state index in [0.29, 0.717) is 65.5 Å². The molecule has 0 unspecified atom stereocenters. The number of allylic oxidation sites excluding steroid dienone is 1. The Hall–Kier alpha value is -6.93. The fraction of sp³-hybridized carbons (Fsp3) is 0.451. The van der Waals surface area contributed by atoms with Crippen LogP contribution in [0.15, 0.2) is 98.1 Å². The van der Waals surface area contributed by atoms with Crippen molar-refractivity contribution in [1.82, 2.24) is 90.3 Å². The number of hydrogen-bond acceptors (Lipinski definition) is 21. The molecule has 0 radical (unpaired) electrons. The summed E-state index contributed by atoms with van der Waals surface area (Å²) in [5.74, 6) is 0. The number of rotatable bonds is 8. The standard InChI is InChI=1S/C13H20ClN3OSi.C11H12ClN3O2.C11H14ClN3O.C8H8ClN3O3S.C7H6ClN3O.C6H4ClN3.C6H15ClSi.C4H8O.C4H8.CH3F/c1-13(2,3)19(4,5)18-8-10-12-9(7-15-17-12)6-11(14)16-10;1-11(2,3)17-10(16)15-8-6-13-9(12)4-7(8)5-14-15;1-11(2,3)15-10-7(5-13-15)4-9(12)14-8(10)6-16;1-16(13,14)15-4-6-8-5(3-10-12-8)2-7(9)11-6;8-6-1-4-2-9-11-7(4)5(3-12)10-6;7-6-1-4-2-9-10-5(4)3-8-6;1-6(2,3)8(4,5)7;1-2-4-5-3-1;1-4(2)3;1-2/h6-7H,8H2,1-5H3,(H,15,17);4-6H,1-3H3;4-5,16H,6H2,1-3H3;2-3H,4H2,1H3,(H,10,12);1-2,12H,3H2,(H,9,11);1-3H,(H,9,10);1-5H3;1-4H2;1H2,2-3H3;1H3/i;;;;;;;;;1D. The first-order valence-corrected chi connectivity index (χ1v) is 44.6. The Balaban J connectivity index is 0.000000267. The van der Waals surface area contributed by atoms with E-state index in [9.17, 15) is 22.7 Å². The summed E-state index contributed by atoms with van der Waals surface area (Å²) in [6.07, 6.45) is 16.1. The lowest BCUT2D eigenvalue weighted by atomic mass is 10.1. The average molecular weight is 1700 g/mol. The van der Waals surface area contributed by atoms with E-state index >= 15 is 0 Å². The van der Waals surface area contributed by atoms with E-state index in [1.165, 1.54) is 29.3 Å². The number of alkyl halides is 1. The topological polar surface area (TPSA) is 356 Å². The summed E-state index contributed by atoms with van der Waals surface area (Å²) < 4.78 is 61.2. The van der Waals surface area contributed by atoms with Gasteiger partial charge in [0.05, 0.1) is 146 Å². The predicted octanol–water partition coefficient (Wildman–Crippen LogP) is 19.3. The Morgan fingerprint density at radius 3 is 1.41 bits per heavy atom. The molecule has 0 aliphatic carbocycles. The first kappa shape index (κ1) is 92.7. The van der Waals surface area contributed by atoms with Crippen LogP contribution in [0.2, 0.25) is 67.2 Å². The molecule has 12 aromatic rings. The Morgan fingerprint density at radius 2 is 0.991 bits per heavy atom. The zero-order valence-corrected chi connectivity index (χ0v) is 72.7. The molecule has 6 N–H and O–H groups in total. The van der Waals surface area contributed by atoms with Gasteiger partial charge in [-0.05, 0) is 128 Å². The van der Waals surface area contributed by atoms with Gasteiger partial charge in [-0.1, -0.05) is 130 Å². The van der Waals surface area contributed by atoms with Gasteiger partial charge in [0.15, 0.2) is 15.7 Å². The smallest absolute Gasteiger partial charge is 0.435 e. The molecule has 13 rings (SSSR count). The van der Waals surface area contributed by atoms with E-state index in [1.807, 2.05) is 18.5 Å². The summed E-state index contributed by atoms with van der Waals surface area (Å²) in [5.41, 5.74) is 7.36. The van der Waals surface area contributed by atoms with Crippen molar-refractivity contribution in [3.63, 3.8) is 0 Å². The van der Waals surface area contributed by atoms with Crippen LogP contribution < -0.4 is 0 Å². The SMILES string of the molecule is C1CCOC1.C=C(C)C.CC(C)(C)OC(=O)n1ncc2cc(Cl)ncc21.CC(C)(C)[Si](C)(C)Cl.CC(C)(C)[Si](C)(C)OCc1nc(Cl)cc2cn[nH]c12.CC(C)(C)n1ncc2cc(Cl)nc(CO)c21.CS(=O)(=O)OCc1nc(Cl)cc2cn[nH]c12.Clc1cc2cn[nH]c2cn1.OCc1nc(Cl)cc2cn[nH]c12.[2H]CF. The Kier molecular flexibility index (Phi) is 35.8. The molecule has 0 bridgehead atoms. The van der Waals surface area contributed by atoms with Gasteiger partial charge >= 0.3 is 6.09 Å². The number of aromatic nitrogens is 18. The number of fused-ring (bicyclic) bond motifs is 6. The number of aromatic amines is 4. The van der Waals surface area contributed by atoms with Gasteiger partial charge in [0.2, 0.25) is 0 Å². The van der Waals surface area contributed by atoms with E-state index in [-0.39, 0.29) is 35.6 Å². The molecule has 38 heteroatoms. The third-order valence-electron chi connectivity index (χ3n) is 15.6. The van der Waals surface area contributed by atoms with Gasteiger partial charge < -0.3 is 24.1 Å². The number of hydrogen-bond donors (Lipinski definition) is 6. The minimum Gasteiger partial charge on any atom is -0.442 e. The second-order valence-corrected chi connectivity index (χ2v) is 45.4. The molecule has 0 atom stereocenters. The quantitative estimate of drug-likeness (QED) is 0.0270. The molecule has 27 nitrogen and oxygen atoms in total. The van der Waals surface area contributed by atoms with Gasteiger partial charge in [-0.3, -0.25) is 33.7 Å². The maximum Gasteiger partial charge on any atom is 0.435 e. The van der Waals surface area contributed by atoms with Crippen LogP contribution in [0.25, 0.3) is 65.4 Å². The fourth-order valence-corrected chi connectivity index (χ4v) is 10.8. The molecule has 0 saturated carbocycles. The van der Waals surface area contributed by atoms with Crippen molar-refractivity contribution >= 4 is 178 Å². The van der Waals surface area contributed by atoms with E-state index in [4.69, 9.17) is 101 Å². The number of aliphatic hydroxyl groups excluding tert-OH is 2. The molecular weight excluding hydrogens is 1600 g/mol. The number of nitrogens with zero attached hydrogens (tertiary/aromatic N) is 14. The van der Waals surface area contributed by atoms with Crippen molar-refractivity contribution in [2.24, 2.45) is 0 Å². The summed E-state index contributed by atoms with van der Waals surface area (Å²) in [7, 11) is -7.68. The van der Waals surface area contributed by atoms with E-state index in [2.05, 4.69) is 180 Å². The van der Waals surface area contributed by atoms with Crippen LogP contribution in [-0.4, -0.2) is 163 Å². The lowest BCUT2D eigenvalue weighted by Crippen LogP contribution is -2.40. The zero-order chi connectivity index (χ0) is 82.9. The lowest BCUT2D eigenvalue weighted by molar-refractivity contribution is 0.0522.